The third-order valence-electron chi connectivity index (χ3n) is 3.01. The van der Waals surface area contributed by atoms with E-state index in [1.165, 1.54) is 0 Å². The largest absolute Gasteiger partial charge is 0.466 e. The van der Waals surface area contributed by atoms with Crippen LogP contribution < -0.4 is 5.32 Å². The number of aryl methyl sites for hydroxylation is 1. The molecule has 1 rings (SSSR count). The van der Waals surface area contributed by atoms with Crippen molar-refractivity contribution in [1.29, 1.82) is 0 Å². The standard InChI is InChI=1S/C14H25NO2/c1-11-6-7-12(17-11)14(4,5)9-15-8-13(2,3)10-16/h6-7,15-16H,8-10H2,1-5H3. The summed E-state index contributed by atoms with van der Waals surface area (Å²) in [4.78, 5) is 0. The van der Waals surface area contributed by atoms with Gasteiger partial charge in [-0.15, -0.1) is 0 Å². The highest BCUT2D eigenvalue weighted by Gasteiger charge is 2.25. The fourth-order valence-electron chi connectivity index (χ4n) is 1.65. The summed E-state index contributed by atoms with van der Waals surface area (Å²) in [5, 5.41) is 12.6. The molecular formula is C14H25NO2. The summed E-state index contributed by atoms with van der Waals surface area (Å²) in [5.74, 6) is 1.95. The van der Waals surface area contributed by atoms with E-state index in [0.717, 1.165) is 24.6 Å². The molecule has 0 saturated carbocycles. The molecule has 1 aromatic rings. The molecule has 0 radical (unpaired) electrons. The maximum Gasteiger partial charge on any atom is 0.111 e. The molecule has 0 atom stereocenters. The first kappa shape index (κ1) is 14.3. The van der Waals surface area contributed by atoms with Crippen molar-refractivity contribution in [2.24, 2.45) is 5.41 Å². The van der Waals surface area contributed by atoms with Gasteiger partial charge < -0.3 is 14.8 Å². The fourth-order valence-corrected chi connectivity index (χ4v) is 1.65. The molecule has 2 N–H and O–H groups in total. The summed E-state index contributed by atoms with van der Waals surface area (Å²) in [6.07, 6.45) is 0. The highest BCUT2D eigenvalue weighted by atomic mass is 16.3. The molecule has 0 spiro atoms. The Morgan fingerprint density at radius 3 is 2.29 bits per heavy atom. The summed E-state index contributed by atoms with van der Waals surface area (Å²) in [6.45, 7) is 12.2. The number of aliphatic hydroxyl groups excluding tert-OH is 1. The van der Waals surface area contributed by atoms with E-state index in [4.69, 9.17) is 4.42 Å². The van der Waals surface area contributed by atoms with Crippen LogP contribution in [0.3, 0.4) is 0 Å². The first-order valence-electron chi connectivity index (χ1n) is 6.15. The molecule has 0 aliphatic rings. The van der Waals surface area contributed by atoms with E-state index >= 15 is 0 Å². The lowest BCUT2D eigenvalue weighted by Crippen LogP contribution is -2.39. The molecule has 0 aromatic carbocycles. The van der Waals surface area contributed by atoms with Gasteiger partial charge in [0.1, 0.15) is 11.5 Å². The molecule has 0 aliphatic carbocycles. The topological polar surface area (TPSA) is 45.4 Å². The first-order chi connectivity index (χ1) is 7.77. The van der Waals surface area contributed by atoms with Crippen molar-refractivity contribution < 1.29 is 9.52 Å². The van der Waals surface area contributed by atoms with E-state index in [-0.39, 0.29) is 17.4 Å². The molecule has 3 nitrogen and oxygen atoms in total. The number of hydrogen-bond acceptors (Lipinski definition) is 3. The molecule has 0 saturated heterocycles. The monoisotopic (exact) mass is 239 g/mol. The van der Waals surface area contributed by atoms with Crippen LogP contribution in [0.15, 0.2) is 16.5 Å². The van der Waals surface area contributed by atoms with Gasteiger partial charge in [-0.3, -0.25) is 0 Å². The van der Waals surface area contributed by atoms with Crippen LogP contribution in [0.25, 0.3) is 0 Å². The van der Waals surface area contributed by atoms with E-state index in [0.29, 0.717) is 0 Å². The van der Waals surface area contributed by atoms with Crippen molar-refractivity contribution in [3.8, 4) is 0 Å². The van der Waals surface area contributed by atoms with Crippen molar-refractivity contribution >= 4 is 0 Å². The van der Waals surface area contributed by atoms with Crippen LogP contribution in [0, 0.1) is 12.3 Å². The van der Waals surface area contributed by atoms with E-state index in [9.17, 15) is 5.11 Å². The lowest BCUT2D eigenvalue weighted by molar-refractivity contribution is 0.154. The lowest BCUT2D eigenvalue weighted by atomic mass is 9.89. The number of hydrogen-bond donors (Lipinski definition) is 2. The third-order valence-corrected chi connectivity index (χ3v) is 3.01. The molecule has 98 valence electrons. The summed E-state index contributed by atoms with van der Waals surface area (Å²) in [5.41, 5.74) is -0.102. The Morgan fingerprint density at radius 2 is 1.82 bits per heavy atom. The van der Waals surface area contributed by atoms with E-state index in [1.54, 1.807) is 0 Å². The molecule has 3 heteroatoms. The minimum Gasteiger partial charge on any atom is -0.466 e. The Hall–Kier alpha value is -0.800. The summed E-state index contributed by atoms with van der Waals surface area (Å²) in [7, 11) is 0. The second-order valence-electron chi connectivity index (χ2n) is 6.22. The Balaban J connectivity index is 2.51. The Bertz CT molecular complexity index is 353. The predicted molar refractivity (Wildman–Crippen MR) is 70.2 cm³/mol. The smallest absolute Gasteiger partial charge is 0.111 e. The van der Waals surface area contributed by atoms with Gasteiger partial charge in [0, 0.05) is 30.5 Å². The zero-order chi connectivity index (χ0) is 13.1. The second-order valence-corrected chi connectivity index (χ2v) is 6.22. The van der Waals surface area contributed by atoms with Crippen molar-refractivity contribution in [2.45, 2.75) is 40.0 Å². The maximum atomic E-state index is 9.19. The minimum absolute atomic E-state index is 0.0280. The fraction of sp³-hybridized carbons (Fsp3) is 0.714. The molecular weight excluding hydrogens is 214 g/mol. The van der Waals surface area contributed by atoms with Crippen molar-refractivity contribution in [1.82, 2.24) is 5.32 Å². The Labute approximate surface area is 104 Å². The number of rotatable bonds is 6. The van der Waals surface area contributed by atoms with Crippen LogP contribution in [0.5, 0.6) is 0 Å². The predicted octanol–water partition coefficient (Wildman–Crippen LogP) is 2.47. The van der Waals surface area contributed by atoms with Crippen LogP contribution in [-0.4, -0.2) is 24.8 Å². The molecule has 0 aliphatic heterocycles. The number of furan rings is 1. The van der Waals surface area contributed by atoms with Crippen molar-refractivity contribution in [3.05, 3.63) is 23.7 Å². The highest BCUT2D eigenvalue weighted by molar-refractivity contribution is 5.15. The van der Waals surface area contributed by atoms with Gasteiger partial charge in [-0.1, -0.05) is 27.7 Å². The highest BCUT2D eigenvalue weighted by Crippen LogP contribution is 2.24. The zero-order valence-corrected chi connectivity index (χ0v) is 11.6. The molecule has 1 heterocycles. The molecule has 0 bridgehead atoms. The van der Waals surface area contributed by atoms with Crippen LogP contribution in [0.4, 0.5) is 0 Å². The lowest BCUT2D eigenvalue weighted by Gasteiger charge is -2.27. The van der Waals surface area contributed by atoms with Gasteiger partial charge in [0.15, 0.2) is 0 Å². The first-order valence-corrected chi connectivity index (χ1v) is 6.15. The summed E-state index contributed by atoms with van der Waals surface area (Å²) in [6, 6.07) is 4.03. The average molecular weight is 239 g/mol. The van der Waals surface area contributed by atoms with Crippen LogP contribution in [0.2, 0.25) is 0 Å². The Kier molecular flexibility index (Phi) is 4.39. The Morgan fingerprint density at radius 1 is 1.18 bits per heavy atom. The SMILES string of the molecule is Cc1ccc(C(C)(C)CNCC(C)(C)CO)o1. The second kappa shape index (κ2) is 5.23. The number of aliphatic hydroxyl groups is 1. The van der Waals surface area contributed by atoms with Gasteiger partial charge in [-0.05, 0) is 19.1 Å². The average Bonchev–Trinajstić information content (AvgIpc) is 2.65. The van der Waals surface area contributed by atoms with Gasteiger partial charge in [-0.2, -0.15) is 0 Å². The quantitative estimate of drug-likeness (QED) is 0.801. The van der Waals surface area contributed by atoms with E-state index in [2.05, 4.69) is 19.2 Å². The number of nitrogens with one attached hydrogen (secondary N) is 1. The van der Waals surface area contributed by atoms with Crippen molar-refractivity contribution in [3.63, 3.8) is 0 Å². The minimum atomic E-state index is -0.0742. The summed E-state index contributed by atoms with van der Waals surface area (Å²) < 4.78 is 5.67. The third kappa shape index (κ3) is 4.17. The van der Waals surface area contributed by atoms with Gasteiger partial charge >= 0.3 is 0 Å². The van der Waals surface area contributed by atoms with E-state index in [1.807, 2.05) is 32.9 Å². The molecule has 17 heavy (non-hydrogen) atoms. The molecule has 0 unspecified atom stereocenters. The molecule has 0 fully saturated rings. The van der Waals surface area contributed by atoms with Gasteiger partial charge in [0.2, 0.25) is 0 Å². The normalized spacial score (nSPS) is 13.1. The zero-order valence-electron chi connectivity index (χ0n) is 11.6. The van der Waals surface area contributed by atoms with Gasteiger partial charge in [0.05, 0.1) is 0 Å². The maximum absolute atomic E-state index is 9.19. The van der Waals surface area contributed by atoms with Gasteiger partial charge in [0.25, 0.3) is 0 Å². The van der Waals surface area contributed by atoms with Crippen LogP contribution in [-0.2, 0) is 5.41 Å². The van der Waals surface area contributed by atoms with Gasteiger partial charge in [-0.25, -0.2) is 0 Å². The molecule has 1 aromatic heterocycles. The van der Waals surface area contributed by atoms with E-state index < -0.39 is 0 Å². The van der Waals surface area contributed by atoms with Crippen LogP contribution in [0.1, 0.15) is 39.2 Å². The van der Waals surface area contributed by atoms with Crippen molar-refractivity contribution in [2.75, 3.05) is 19.7 Å². The summed E-state index contributed by atoms with van der Waals surface area (Å²) >= 11 is 0. The molecule has 0 amide bonds. The van der Waals surface area contributed by atoms with Crippen LogP contribution >= 0.6 is 0 Å².